The molecular weight excluding hydrogens is 347 g/mol. The SMILES string of the molecule is COc1ccccc1CNC(=O)CCN(CCc1ccc(F)cc1)C(C)=O. The number of nitrogens with zero attached hydrogens (tertiary/aromatic N) is 1. The van der Waals surface area contributed by atoms with Crippen molar-refractivity contribution in [3.8, 4) is 5.75 Å². The normalized spacial score (nSPS) is 10.3. The summed E-state index contributed by atoms with van der Waals surface area (Å²) in [4.78, 5) is 25.6. The zero-order valence-corrected chi connectivity index (χ0v) is 15.7. The average molecular weight is 372 g/mol. The molecule has 1 N–H and O–H groups in total. The summed E-state index contributed by atoms with van der Waals surface area (Å²) in [5.74, 6) is 0.222. The predicted octanol–water partition coefficient (Wildman–Crippen LogP) is 2.93. The van der Waals surface area contributed by atoms with Gasteiger partial charge in [-0.1, -0.05) is 30.3 Å². The van der Waals surface area contributed by atoms with Gasteiger partial charge in [-0.05, 0) is 30.2 Å². The van der Waals surface area contributed by atoms with Gasteiger partial charge in [-0.25, -0.2) is 4.39 Å². The second-order valence-electron chi connectivity index (χ2n) is 6.22. The van der Waals surface area contributed by atoms with E-state index in [2.05, 4.69) is 5.32 Å². The third kappa shape index (κ3) is 6.73. The number of halogens is 1. The van der Waals surface area contributed by atoms with Gasteiger partial charge in [0.15, 0.2) is 0 Å². The maximum Gasteiger partial charge on any atom is 0.222 e. The van der Waals surface area contributed by atoms with E-state index in [9.17, 15) is 14.0 Å². The molecule has 2 aromatic carbocycles. The Labute approximate surface area is 159 Å². The van der Waals surface area contributed by atoms with Crippen molar-refractivity contribution in [3.63, 3.8) is 0 Å². The monoisotopic (exact) mass is 372 g/mol. The molecular formula is C21H25FN2O3. The standard InChI is InChI=1S/C21H25FN2O3/c1-16(25)24(13-11-17-7-9-19(22)10-8-17)14-12-21(26)23-15-18-5-3-4-6-20(18)27-2/h3-10H,11-15H2,1-2H3,(H,23,26). The maximum atomic E-state index is 12.9. The van der Waals surface area contributed by atoms with E-state index in [1.165, 1.54) is 19.1 Å². The molecule has 0 fully saturated rings. The lowest BCUT2D eigenvalue weighted by Crippen LogP contribution is -2.35. The van der Waals surface area contributed by atoms with Crippen LogP contribution in [0.15, 0.2) is 48.5 Å². The van der Waals surface area contributed by atoms with Crippen LogP contribution in [0.4, 0.5) is 4.39 Å². The first-order valence-electron chi connectivity index (χ1n) is 8.88. The number of para-hydroxylation sites is 1. The van der Waals surface area contributed by atoms with Gasteiger partial charge in [0.1, 0.15) is 11.6 Å². The number of hydrogen-bond acceptors (Lipinski definition) is 3. The summed E-state index contributed by atoms with van der Waals surface area (Å²) in [6.45, 7) is 2.69. The van der Waals surface area contributed by atoms with Gasteiger partial charge in [0.25, 0.3) is 0 Å². The Bertz CT molecular complexity index is 762. The smallest absolute Gasteiger partial charge is 0.222 e. The van der Waals surface area contributed by atoms with E-state index in [-0.39, 0.29) is 24.1 Å². The average Bonchev–Trinajstić information content (AvgIpc) is 2.67. The lowest BCUT2D eigenvalue weighted by atomic mass is 10.1. The van der Waals surface area contributed by atoms with E-state index in [1.54, 1.807) is 24.1 Å². The van der Waals surface area contributed by atoms with E-state index in [1.807, 2.05) is 24.3 Å². The highest BCUT2D eigenvalue weighted by atomic mass is 19.1. The van der Waals surface area contributed by atoms with Crippen LogP contribution in [0.5, 0.6) is 5.75 Å². The van der Waals surface area contributed by atoms with Crippen molar-refractivity contribution < 1.29 is 18.7 Å². The van der Waals surface area contributed by atoms with Crippen LogP contribution >= 0.6 is 0 Å². The Kier molecular flexibility index (Phi) is 7.79. The molecule has 6 heteroatoms. The highest BCUT2D eigenvalue weighted by molar-refractivity contribution is 5.78. The molecule has 0 aliphatic rings. The zero-order chi connectivity index (χ0) is 19.6. The first-order valence-corrected chi connectivity index (χ1v) is 8.88. The molecule has 2 aromatic rings. The van der Waals surface area contributed by atoms with Gasteiger partial charge >= 0.3 is 0 Å². The highest BCUT2D eigenvalue weighted by Crippen LogP contribution is 2.16. The number of nitrogens with one attached hydrogen (secondary N) is 1. The fraction of sp³-hybridized carbons (Fsp3) is 0.333. The van der Waals surface area contributed by atoms with Gasteiger partial charge in [-0.15, -0.1) is 0 Å². The molecule has 2 rings (SSSR count). The zero-order valence-electron chi connectivity index (χ0n) is 15.7. The summed E-state index contributed by atoms with van der Waals surface area (Å²) in [5.41, 5.74) is 1.84. The lowest BCUT2D eigenvalue weighted by molar-refractivity contribution is -0.129. The van der Waals surface area contributed by atoms with Crippen molar-refractivity contribution >= 4 is 11.8 Å². The first-order chi connectivity index (χ1) is 13.0. The maximum absolute atomic E-state index is 12.9. The third-order valence-electron chi connectivity index (χ3n) is 4.31. The Morgan fingerprint density at radius 1 is 1.07 bits per heavy atom. The number of ether oxygens (including phenoxy) is 1. The van der Waals surface area contributed by atoms with Crippen LogP contribution < -0.4 is 10.1 Å². The largest absolute Gasteiger partial charge is 0.496 e. The van der Waals surface area contributed by atoms with E-state index in [0.29, 0.717) is 26.1 Å². The van der Waals surface area contributed by atoms with Gasteiger partial charge in [0.05, 0.1) is 7.11 Å². The minimum atomic E-state index is -0.283. The summed E-state index contributed by atoms with van der Waals surface area (Å²) in [7, 11) is 1.59. The second kappa shape index (κ2) is 10.3. The van der Waals surface area contributed by atoms with Crippen LogP contribution in [0.2, 0.25) is 0 Å². The van der Waals surface area contributed by atoms with Crippen LogP contribution in [0.25, 0.3) is 0 Å². The van der Waals surface area contributed by atoms with Crippen molar-refractivity contribution in [1.82, 2.24) is 10.2 Å². The number of rotatable bonds is 9. The van der Waals surface area contributed by atoms with Gasteiger partial charge in [0.2, 0.25) is 11.8 Å². The Morgan fingerprint density at radius 3 is 2.44 bits per heavy atom. The van der Waals surface area contributed by atoms with Crippen molar-refractivity contribution in [2.24, 2.45) is 0 Å². The molecule has 0 unspecified atom stereocenters. The van der Waals surface area contributed by atoms with Crippen LogP contribution in [0, 0.1) is 5.82 Å². The Balaban J connectivity index is 1.79. The third-order valence-corrected chi connectivity index (χ3v) is 4.31. The molecule has 2 amide bonds. The molecule has 0 bridgehead atoms. The molecule has 0 aliphatic carbocycles. The van der Waals surface area contributed by atoms with Crippen LogP contribution in [0.3, 0.4) is 0 Å². The van der Waals surface area contributed by atoms with Gasteiger partial charge in [-0.2, -0.15) is 0 Å². The number of carbonyl (C=O) groups excluding carboxylic acids is 2. The van der Waals surface area contributed by atoms with Crippen molar-refractivity contribution in [2.75, 3.05) is 20.2 Å². The molecule has 0 heterocycles. The quantitative estimate of drug-likeness (QED) is 0.736. The molecule has 144 valence electrons. The Morgan fingerprint density at radius 2 is 1.78 bits per heavy atom. The van der Waals surface area contributed by atoms with E-state index < -0.39 is 0 Å². The topological polar surface area (TPSA) is 58.6 Å². The number of hydrogen-bond donors (Lipinski definition) is 1. The van der Waals surface area contributed by atoms with Gasteiger partial charge < -0.3 is 15.0 Å². The number of carbonyl (C=O) groups is 2. The van der Waals surface area contributed by atoms with Gasteiger partial charge in [-0.3, -0.25) is 9.59 Å². The molecule has 0 radical (unpaired) electrons. The summed E-state index contributed by atoms with van der Waals surface area (Å²) in [6, 6.07) is 13.7. The van der Waals surface area contributed by atoms with E-state index >= 15 is 0 Å². The minimum absolute atomic E-state index is 0.0883. The molecule has 27 heavy (non-hydrogen) atoms. The summed E-state index contributed by atoms with van der Waals surface area (Å²) < 4.78 is 18.2. The summed E-state index contributed by atoms with van der Waals surface area (Å²) in [5, 5.41) is 2.85. The lowest BCUT2D eigenvalue weighted by Gasteiger charge is -2.21. The first kappa shape index (κ1) is 20.4. The molecule has 0 saturated carbocycles. The van der Waals surface area contributed by atoms with E-state index in [0.717, 1.165) is 16.9 Å². The molecule has 0 spiro atoms. The fourth-order valence-corrected chi connectivity index (χ4v) is 2.71. The summed E-state index contributed by atoms with van der Waals surface area (Å²) in [6.07, 6.45) is 0.834. The predicted molar refractivity (Wildman–Crippen MR) is 102 cm³/mol. The molecule has 0 aromatic heterocycles. The van der Waals surface area contributed by atoms with Crippen molar-refractivity contribution in [3.05, 3.63) is 65.5 Å². The number of benzene rings is 2. The fourth-order valence-electron chi connectivity index (χ4n) is 2.71. The van der Waals surface area contributed by atoms with Crippen molar-refractivity contribution in [1.29, 1.82) is 0 Å². The van der Waals surface area contributed by atoms with Gasteiger partial charge in [0, 0.05) is 38.5 Å². The van der Waals surface area contributed by atoms with Crippen molar-refractivity contribution in [2.45, 2.75) is 26.3 Å². The molecule has 0 aliphatic heterocycles. The Hall–Kier alpha value is -2.89. The van der Waals surface area contributed by atoms with Crippen LogP contribution in [0.1, 0.15) is 24.5 Å². The highest BCUT2D eigenvalue weighted by Gasteiger charge is 2.12. The molecule has 0 saturated heterocycles. The van der Waals surface area contributed by atoms with E-state index in [4.69, 9.17) is 4.74 Å². The van der Waals surface area contributed by atoms with Crippen LogP contribution in [-0.2, 0) is 22.6 Å². The van der Waals surface area contributed by atoms with Crippen LogP contribution in [-0.4, -0.2) is 36.9 Å². The second-order valence-corrected chi connectivity index (χ2v) is 6.22. The summed E-state index contributed by atoms with van der Waals surface area (Å²) >= 11 is 0. The molecule has 5 nitrogen and oxygen atoms in total. The molecule has 0 atom stereocenters. The number of amides is 2. The minimum Gasteiger partial charge on any atom is -0.496 e. The number of methoxy groups -OCH3 is 1.